The van der Waals surface area contributed by atoms with Gasteiger partial charge in [-0.3, -0.25) is 14.5 Å². The van der Waals surface area contributed by atoms with Crippen molar-refractivity contribution in [3.8, 4) is 0 Å². The number of aromatic nitrogens is 2. The van der Waals surface area contributed by atoms with Crippen molar-refractivity contribution in [2.75, 3.05) is 68.0 Å². The van der Waals surface area contributed by atoms with Gasteiger partial charge in [-0.2, -0.15) is 10.1 Å². The van der Waals surface area contributed by atoms with E-state index >= 15 is 0 Å². The zero-order valence-corrected chi connectivity index (χ0v) is 20.7. The van der Waals surface area contributed by atoms with Crippen LogP contribution in [0.1, 0.15) is 41.7 Å². The van der Waals surface area contributed by atoms with Gasteiger partial charge in [-0.25, -0.2) is 4.98 Å². The van der Waals surface area contributed by atoms with Crippen LogP contribution in [-0.2, 0) is 4.79 Å². The predicted octanol–water partition coefficient (Wildman–Crippen LogP) is 2.17. The van der Waals surface area contributed by atoms with Crippen LogP contribution in [0, 0.1) is 0 Å². The van der Waals surface area contributed by atoms with Crippen molar-refractivity contribution in [1.82, 2.24) is 20.3 Å². The number of aliphatic carboxylic acids is 1. The lowest BCUT2D eigenvalue weighted by Gasteiger charge is -2.27. The number of anilines is 4. The summed E-state index contributed by atoms with van der Waals surface area (Å²) in [6.45, 7) is 4.99. The Kier molecular flexibility index (Phi) is 8.66. The van der Waals surface area contributed by atoms with E-state index in [9.17, 15) is 9.59 Å². The number of hydrogen-bond acceptors (Lipinski definition) is 10. The van der Waals surface area contributed by atoms with Gasteiger partial charge in [-0.1, -0.05) is 0 Å². The van der Waals surface area contributed by atoms with Crippen molar-refractivity contribution in [3.05, 3.63) is 35.5 Å². The Morgan fingerprint density at radius 3 is 2.44 bits per heavy atom. The number of carbonyl (C=O) groups is 2. The monoisotopic (exact) mass is 494 g/mol. The lowest BCUT2D eigenvalue weighted by Crippen LogP contribution is -2.34. The van der Waals surface area contributed by atoms with Crippen LogP contribution >= 0.6 is 0 Å². The van der Waals surface area contributed by atoms with Crippen LogP contribution in [0.2, 0.25) is 0 Å². The molecule has 1 aromatic heterocycles. The largest absolute Gasteiger partial charge is 0.480 e. The standard InChI is InChI=1S/C25H34N8O3/c1-26-27-16-22-21(18-34)24(30-25(29-22)33-11-3-2-4-12-33)28-19-6-8-20(9-7-19)32-13-5-10-31(14-15-32)17-23(35)36/h6-9,16,18,26H,2-5,10-15,17H2,1H3,(H,35,36)(H,28,29,30)/b27-16-. The Balaban J connectivity index is 1.53. The molecule has 3 N–H and O–H groups in total. The average Bonchev–Trinajstić information content (AvgIpc) is 3.13. The molecular weight excluding hydrogens is 460 g/mol. The molecule has 0 saturated carbocycles. The van der Waals surface area contributed by atoms with Gasteiger partial charge in [0.25, 0.3) is 0 Å². The Morgan fingerprint density at radius 2 is 1.75 bits per heavy atom. The SMILES string of the molecule is CN/N=C\c1nc(N2CCCCC2)nc(Nc2ccc(N3CCCN(CC(=O)O)CC3)cc2)c1C=O. The van der Waals surface area contributed by atoms with Gasteiger partial charge in [0, 0.05) is 57.7 Å². The molecule has 1 aromatic carbocycles. The molecule has 0 atom stereocenters. The minimum absolute atomic E-state index is 0.0785. The summed E-state index contributed by atoms with van der Waals surface area (Å²) in [6.07, 6.45) is 6.59. The summed E-state index contributed by atoms with van der Waals surface area (Å²) >= 11 is 0. The third kappa shape index (κ3) is 6.48. The minimum atomic E-state index is -0.790. The summed E-state index contributed by atoms with van der Waals surface area (Å²) < 4.78 is 0. The molecule has 2 fully saturated rings. The van der Waals surface area contributed by atoms with Gasteiger partial charge in [-0.05, 0) is 49.9 Å². The van der Waals surface area contributed by atoms with Crippen molar-refractivity contribution in [2.45, 2.75) is 25.7 Å². The Hall–Kier alpha value is -3.73. The fourth-order valence-electron chi connectivity index (χ4n) is 4.62. The van der Waals surface area contributed by atoms with E-state index in [0.717, 1.165) is 69.6 Å². The molecule has 0 bridgehead atoms. The number of piperidine rings is 1. The second-order valence-electron chi connectivity index (χ2n) is 9.00. The number of hydrogen-bond donors (Lipinski definition) is 3. The van der Waals surface area contributed by atoms with Crippen molar-refractivity contribution in [2.24, 2.45) is 5.10 Å². The van der Waals surface area contributed by atoms with E-state index < -0.39 is 5.97 Å². The molecule has 2 aliphatic heterocycles. The molecule has 192 valence electrons. The smallest absolute Gasteiger partial charge is 0.317 e. The lowest BCUT2D eigenvalue weighted by atomic mass is 10.1. The Labute approximate surface area is 211 Å². The van der Waals surface area contributed by atoms with Crippen LogP contribution in [0.15, 0.2) is 29.4 Å². The fourth-order valence-corrected chi connectivity index (χ4v) is 4.62. The molecule has 2 aromatic rings. The summed E-state index contributed by atoms with van der Waals surface area (Å²) in [6, 6.07) is 8.00. The average molecular weight is 495 g/mol. The molecule has 11 heteroatoms. The van der Waals surface area contributed by atoms with Crippen molar-refractivity contribution in [1.29, 1.82) is 0 Å². The number of nitrogens with one attached hydrogen (secondary N) is 2. The van der Waals surface area contributed by atoms with Crippen LogP contribution in [0.5, 0.6) is 0 Å². The van der Waals surface area contributed by atoms with E-state index in [4.69, 9.17) is 10.1 Å². The van der Waals surface area contributed by atoms with Crippen LogP contribution in [0.25, 0.3) is 0 Å². The summed E-state index contributed by atoms with van der Waals surface area (Å²) in [4.78, 5) is 38.8. The van der Waals surface area contributed by atoms with Gasteiger partial charge < -0.3 is 25.6 Å². The first kappa shape index (κ1) is 25.4. The first-order chi connectivity index (χ1) is 17.6. The molecule has 36 heavy (non-hydrogen) atoms. The van der Waals surface area contributed by atoms with Crippen molar-refractivity contribution < 1.29 is 14.7 Å². The maximum absolute atomic E-state index is 12.0. The van der Waals surface area contributed by atoms with E-state index in [1.807, 2.05) is 29.2 Å². The first-order valence-corrected chi connectivity index (χ1v) is 12.5. The van der Waals surface area contributed by atoms with E-state index in [2.05, 4.69) is 30.6 Å². The summed E-state index contributed by atoms with van der Waals surface area (Å²) in [7, 11) is 1.69. The maximum atomic E-state index is 12.0. The summed E-state index contributed by atoms with van der Waals surface area (Å²) in [5.41, 5.74) is 5.41. The Morgan fingerprint density at radius 1 is 1.00 bits per heavy atom. The van der Waals surface area contributed by atoms with Crippen LogP contribution in [0.3, 0.4) is 0 Å². The zero-order valence-electron chi connectivity index (χ0n) is 20.7. The number of carbonyl (C=O) groups excluding carboxylic acids is 1. The molecule has 0 unspecified atom stereocenters. The molecule has 0 aliphatic carbocycles. The number of rotatable bonds is 9. The normalized spacial score (nSPS) is 17.1. The molecule has 0 amide bonds. The first-order valence-electron chi connectivity index (χ1n) is 12.5. The number of carboxylic acids is 1. The summed E-state index contributed by atoms with van der Waals surface area (Å²) in [5, 5.41) is 16.4. The summed E-state index contributed by atoms with van der Waals surface area (Å²) in [5.74, 6) is 0.250. The highest BCUT2D eigenvalue weighted by atomic mass is 16.4. The maximum Gasteiger partial charge on any atom is 0.317 e. The van der Waals surface area contributed by atoms with E-state index in [1.165, 1.54) is 6.42 Å². The number of benzene rings is 1. The number of carboxylic acid groups (broad SMARTS) is 1. The second-order valence-corrected chi connectivity index (χ2v) is 9.00. The third-order valence-corrected chi connectivity index (χ3v) is 6.48. The fraction of sp³-hybridized carbons (Fsp3) is 0.480. The van der Waals surface area contributed by atoms with Crippen molar-refractivity contribution >= 4 is 41.6 Å². The second kappa shape index (κ2) is 12.3. The minimum Gasteiger partial charge on any atom is -0.480 e. The van der Waals surface area contributed by atoms with Crippen LogP contribution in [0.4, 0.5) is 23.1 Å². The molecule has 4 rings (SSSR count). The molecule has 3 heterocycles. The van der Waals surface area contributed by atoms with Crippen LogP contribution in [-0.4, -0.2) is 91.3 Å². The van der Waals surface area contributed by atoms with Gasteiger partial charge in [0.15, 0.2) is 6.29 Å². The van der Waals surface area contributed by atoms with Crippen LogP contribution < -0.4 is 20.5 Å². The van der Waals surface area contributed by atoms with E-state index in [-0.39, 0.29) is 6.54 Å². The third-order valence-electron chi connectivity index (χ3n) is 6.48. The number of aldehydes is 1. The molecule has 2 saturated heterocycles. The molecule has 0 spiro atoms. The van der Waals surface area contributed by atoms with E-state index in [1.54, 1.807) is 13.3 Å². The highest BCUT2D eigenvalue weighted by Crippen LogP contribution is 2.26. The van der Waals surface area contributed by atoms with Crippen molar-refractivity contribution in [3.63, 3.8) is 0 Å². The molecular formula is C25H34N8O3. The lowest BCUT2D eigenvalue weighted by molar-refractivity contribution is -0.138. The van der Waals surface area contributed by atoms with E-state index in [0.29, 0.717) is 29.6 Å². The predicted molar refractivity (Wildman–Crippen MR) is 141 cm³/mol. The van der Waals surface area contributed by atoms with Gasteiger partial charge in [0.2, 0.25) is 5.95 Å². The highest BCUT2D eigenvalue weighted by Gasteiger charge is 2.20. The molecule has 11 nitrogen and oxygen atoms in total. The highest BCUT2D eigenvalue weighted by molar-refractivity contribution is 5.96. The Bertz CT molecular complexity index is 1070. The zero-order chi connectivity index (χ0) is 25.3. The quantitative estimate of drug-likeness (QED) is 0.271. The van der Waals surface area contributed by atoms with Gasteiger partial charge in [0.1, 0.15) is 11.5 Å². The van der Waals surface area contributed by atoms with Gasteiger partial charge in [-0.15, -0.1) is 0 Å². The molecule has 0 radical (unpaired) electrons. The topological polar surface area (TPSA) is 126 Å². The molecule has 2 aliphatic rings. The number of hydrazone groups is 1. The number of nitrogens with zero attached hydrogens (tertiary/aromatic N) is 6. The van der Waals surface area contributed by atoms with Gasteiger partial charge in [0.05, 0.1) is 18.3 Å². The van der Waals surface area contributed by atoms with Gasteiger partial charge >= 0.3 is 5.97 Å².